The molecule has 0 radical (unpaired) electrons. The minimum absolute atomic E-state index is 0.0896. The van der Waals surface area contributed by atoms with Crippen molar-refractivity contribution in [3.8, 4) is 11.8 Å². The first-order chi connectivity index (χ1) is 16.4. The summed E-state index contributed by atoms with van der Waals surface area (Å²) in [5, 5.41) is 33.5. The Bertz CT molecular complexity index is 921. The van der Waals surface area contributed by atoms with Crippen molar-refractivity contribution < 1.29 is 38.9 Å². The van der Waals surface area contributed by atoms with Crippen LogP contribution < -0.4 is 10.6 Å². The van der Waals surface area contributed by atoms with E-state index in [4.69, 9.17) is 9.47 Å². The number of phenols is 1. The van der Waals surface area contributed by atoms with Crippen LogP contribution in [0.2, 0.25) is 0 Å². The van der Waals surface area contributed by atoms with Gasteiger partial charge in [0.1, 0.15) is 30.0 Å². The van der Waals surface area contributed by atoms with E-state index < -0.39 is 54.7 Å². The van der Waals surface area contributed by atoms with Gasteiger partial charge in [0.15, 0.2) is 0 Å². The summed E-state index contributed by atoms with van der Waals surface area (Å²) in [7, 11) is 0. The van der Waals surface area contributed by atoms with Crippen molar-refractivity contribution in [2.24, 2.45) is 0 Å². The molecule has 1 rings (SSSR count). The Labute approximate surface area is 203 Å². The molecule has 0 fully saturated rings. The fourth-order valence-electron chi connectivity index (χ4n) is 2.96. The smallest absolute Gasteiger partial charge is 0.408 e. The van der Waals surface area contributed by atoms with E-state index >= 15 is 0 Å². The van der Waals surface area contributed by atoms with Crippen molar-refractivity contribution in [3.05, 3.63) is 29.8 Å². The van der Waals surface area contributed by atoms with E-state index in [0.717, 1.165) is 4.90 Å². The number of nitrogens with zero attached hydrogens (tertiary/aromatic N) is 2. The summed E-state index contributed by atoms with van der Waals surface area (Å²) in [4.78, 5) is 51.0. The quantitative estimate of drug-likeness (QED) is 0.256. The SMILES string of the molecule is CCOC(=O)CCNC(=O)C(c1ccc(O)cc1)N(CC#N)C(=O)C(CO)NC(=O)OC(C)(C)C. The molecule has 0 heterocycles. The van der Waals surface area contributed by atoms with Gasteiger partial charge in [0.25, 0.3) is 0 Å². The Morgan fingerprint density at radius 1 is 1.17 bits per heavy atom. The molecule has 0 bridgehead atoms. The zero-order valence-corrected chi connectivity index (χ0v) is 20.2. The van der Waals surface area contributed by atoms with Crippen molar-refractivity contribution in [2.75, 3.05) is 26.3 Å². The molecule has 1 aromatic rings. The molecule has 0 aliphatic heterocycles. The van der Waals surface area contributed by atoms with E-state index in [9.17, 15) is 34.7 Å². The van der Waals surface area contributed by atoms with Gasteiger partial charge in [-0.25, -0.2) is 4.79 Å². The molecular weight excluding hydrogens is 460 g/mol. The van der Waals surface area contributed by atoms with Crippen LogP contribution in [0.15, 0.2) is 24.3 Å². The second-order valence-corrected chi connectivity index (χ2v) is 8.35. The number of hydrogen-bond acceptors (Lipinski definition) is 9. The molecule has 0 saturated heterocycles. The molecule has 0 aliphatic rings. The van der Waals surface area contributed by atoms with E-state index in [1.807, 2.05) is 0 Å². The van der Waals surface area contributed by atoms with E-state index in [0.29, 0.717) is 0 Å². The van der Waals surface area contributed by atoms with Crippen LogP contribution in [0, 0.1) is 11.3 Å². The van der Waals surface area contributed by atoms with Gasteiger partial charge in [0.05, 0.1) is 25.7 Å². The number of carbonyl (C=O) groups is 4. The van der Waals surface area contributed by atoms with Crippen LogP contribution in [0.25, 0.3) is 0 Å². The van der Waals surface area contributed by atoms with Crippen LogP contribution in [-0.2, 0) is 23.9 Å². The van der Waals surface area contributed by atoms with Gasteiger partial charge in [0.2, 0.25) is 11.8 Å². The highest BCUT2D eigenvalue weighted by Gasteiger charge is 2.36. The molecule has 12 heteroatoms. The normalized spacial score (nSPS) is 12.5. The summed E-state index contributed by atoms with van der Waals surface area (Å²) in [6.45, 7) is 5.19. The molecule has 4 N–H and O–H groups in total. The summed E-state index contributed by atoms with van der Waals surface area (Å²) in [6, 6.07) is 4.29. The van der Waals surface area contributed by atoms with Crippen LogP contribution in [0.3, 0.4) is 0 Å². The number of nitriles is 1. The van der Waals surface area contributed by atoms with Crippen LogP contribution in [-0.4, -0.2) is 76.9 Å². The number of phenolic OH excluding ortho intramolecular Hbond substituents is 1. The number of aliphatic hydroxyl groups excluding tert-OH is 1. The summed E-state index contributed by atoms with van der Waals surface area (Å²) in [5.41, 5.74) is -0.624. The second-order valence-electron chi connectivity index (χ2n) is 8.35. The van der Waals surface area contributed by atoms with Crippen molar-refractivity contribution in [1.29, 1.82) is 5.26 Å². The second kappa shape index (κ2) is 13.8. The Morgan fingerprint density at radius 3 is 2.31 bits per heavy atom. The van der Waals surface area contributed by atoms with Crippen LogP contribution >= 0.6 is 0 Å². The van der Waals surface area contributed by atoms with Crippen molar-refractivity contribution >= 4 is 23.9 Å². The van der Waals surface area contributed by atoms with Gasteiger partial charge in [-0.1, -0.05) is 12.1 Å². The average Bonchev–Trinajstić information content (AvgIpc) is 2.77. The maximum atomic E-state index is 13.3. The molecule has 2 unspecified atom stereocenters. The zero-order valence-electron chi connectivity index (χ0n) is 20.2. The van der Waals surface area contributed by atoms with Crippen LogP contribution in [0.5, 0.6) is 5.75 Å². The predicted molar refractivity (Wildman–Crippen MR) is 123 cm³/mol. The largest absolute Gasteiger partial charge is 0.508 e. The number of nitrogens with one attached hydrogen (secondary N) is 2. The lowest BCUT2D eigenvalue weighted by Crippen LogP contribution is -2.54. The maximum absolute atomic E-state index is 13.3. The van der Waals surface area contributed by atoms with Crippen LogP contribution in [0.1, 0.15) is 45.7 Å². The molecule has 35 heavy (non-hydrogen) atoms. The van der Waals surface area contributed by atoms with Crippen molar-refractivity contribution in [3.63, 3.8) is 0 Å². The van der Waals surface area contributed by atoms with E-state index in [-0.39, 0.29) is 30.9 Å². The molecule has 12 nitrogen and oxygen atoms in total. The molecule has 0 saturated carbocycles. The molecule has 0 spiro atoms. The Balaban J connectivity index is 3.23. The van der Waals surface area contributed by atoms with Gasteiger partial charge in [0, 0.05) is 6.54 Å². The third kappa shape index (κ3) is 9.89. The molecule has 0 aromatic heterocycles. The lowest BCUT2D eigenvalue weighted by Gasteiger charge is -2.32. The fourth-order valence-corrected chi connectivity index (χ4v) is 2.96. The van der Waals surface area contributed by atoms with Crippen molar-refractivity contribution in [2.45, 2.75) is 51.8 Å². The lowest BCUT2D eigenvalue weighted by atomic mass is 10.0. The number of aliphatic hydroxyl groups is 1. The molecular formula is C23H32N4O8. The Hall–Kier alpha value is -3.85. The summed E-state index contributed by atoms with van der Waals surface area (Å²) in [5.74, 6) is -2.26. The number of benzene rings is 1. The van der Waals surface area contributed by atoms with Crippen molar-refractivity contribution in [1.82, 2.24) is 15.5 Å². The number of carbonyl (C=O) groups excluding carboxylic acids is 4. The standard InChI is InChI=1S/C23H32N4O8/c1-5-34-18(30)10-12-25-20(31)19(15-6-8-16(29)9-7-15)27(13-11-24)21(32)17(14-28)26-22(33)35-23(2,3)4/h6-9,17,19,28-29H,5,10,12-14H2,1-4H3,(H,25,31)(H,26,33). The Kier molecular flexibility index (Phi) is 11.5. The zero-order chi connectivity index (χ0) is 26.6. The minimum atomic E-state index is -1.51. The van der Waals surface area contributed by atoms with Crippen LogP contribution in [0.4, 0.5) is 4.79 Å². The van der Waals surface area contributed by atoms with E-state index in [1.165, 1.54) is 24.3 Å². The fraction of sp³-hybridized carbons (Fsp3) is 0.522. The van der Waals surface area contributed by atoms with Gasteiger partial charge < -0.3 is 35.2 Å². The molecule has 192 valence electrons. The van der Waals surface area contributed by atoms with Gasteiger partial charge in [-0.15, -0.1) is 0 Å². The van der Waals surface area contributed by atoms with E-state index in [1.54, 1.807) is 33.8 Å². The highest BCUT2D eigenvalue weighted by Crippen LogP contribution is 2.24. The summed E-state index contributed by atoms with van der Waals surface area (Å²) < 4.78 is 9.93. The number of aromatic hydroxyl groups is 1. The number of amides is 3. The third-order valence-electron chi connectivity index (χ3n) is 4.40. The minimum Gasteiger partial charge on any atom is -0.508 e. The predicted octanol–water partition coefficient (Wildman–Crippen LogP) is 0.740. The van der Waals surface area contributed by atoms with Gasteiger partial charge in [-0.2, -0.15) is 5.26 Å². The average molecular weight is 493 g/mol. The maximum Gasteiger partial charge on any atom is 0.408 e. The number of esters is 1. The highest BCUT2D eigenvalue weighted by atomic mass is 16.6. The number of alkyl carbamates (subject to hydrolysis) is 1. The first-order valence-corrected chi connectivity index (χ1v) is 10.9. The summed E-state index contributed by atoms with van der Waals surface area (Å²) in [6.07, 6.45) is -1.09. The monoisotopic (exact) mass is 492 g/mol. The molecule has 3 amide bonds. The highest BCUT2D eigenvalue weighted by molar-refractivity contribution is 5.92. The molecule has 1 aromatic carbocycles. The van der Waals surface area contributed by atoms with Gasteiger partial charge >= 0.3 is 12.1 Å². The number of rotatable bonds is 11. The lowest BCUT2D eigenvalue weighted by molar-refractivity contribution is -0.144. The Morgan fingerprint density at radius 2 is 1.80 bits per heavy atom. The first kappa shape index (κ1) is 29.2. The number of ether oxygens (including phenoxy) is 2. The van der Waals surface area contributed by atoms with Gasteiger partial charge in [-0.05, 0) is 45.4 Å². The first-order valence-electron chi connectivity index (χ1n) is 10.9. The molecule has 0 aliphatic carbocycles. The third-order valence-corrected chi connectivity index (χ3v) is 4.40. The van der Waals surface area contributed by atoms with E-state index in [2.05, 4.69) is 10.6 Å². The van der Waals surface area contributed by atoms with Gasteiger partial charge in [-0.3, -0.25) is 14.4 Å². The topological polar surface area (TPSA) is 178 Å². The summed E-state index contributed by atoms with van der Waals surface area (Å²) >= 11 is 0. The number of hydrogen-bond donors (Lipinski definition) is 4. The molecule has 2 atom stereocenters.